The van der Waals surface area contributed by atoms with Crippen LogP contribution >= 0.6 is 0 Å². The summed E-state index contributed by atoms with van der Waals surface area (Å²) >= 11 is 0. The minimum Gasteiger partial charge on any atom is -0.479 e. The Labute approximate surface area is 110 Å². The van der Waals surface area contributed by atoms with Crippen molar-refractivity contribution in [1.82, 2.24) is 20.6 Å². The molecule has 1 aromatic heterocycles. The zero-order chi connectivity index (χ0) is 14.1. The molecule has 5 N–H and O–H groups in total. The standard InChI is InChI=1S/C11H18N4O4/c16-8(10(17)18)3-5-15-11(19)14-4-1-2-9-12-6-7-13-9/h6-8,16H,1-5H2,(H,12,13)(H,17,18)(H2,14,15,19)/t8-/m0/s1. The summed E-state index contributed by atoms with van der Waals surface area (Å²) in [5.41, 5.74) is 0. The number of carboxylic acids is 1. The molecule has 0 saturated carbocycles. The minimum absolute atomic E-state index is 0.0187. The summed E-state index contributed by atoms with van der Waals surface area (Å²) in [4.78, 5) is 28.6. The van der Waals surface area contributed by atoms with Crippen LogP contribution in [0.25, 0.3) is 0 Å². The summed E-state index contributed by atoms with van der Waals surface area (Å²) in [6, 6.07) is -0.378. The topological polar surface area (TPSA) is 127 Å². The second kappa shape index (κ2) is 8.09. The van der Waals surface area contributed by atoms with Gasteiger partial charge in [0.1, 0.15) is 5.82 Å². The van der Waals surface area contributed by atoms with Gasteiger partial charge in [-0.15, -0.1) is 0 Å². The highest BCUT2D eigenvalue weighted by atomic mass is 16.4. The van der Waals surface area contributed by atoms with Gasteiger partial charge in [-0.1, -0.05) is 0 Å². The fraction of sp³-hybridized carbons (Fsp3) is 0.545. The van der Waals surface area contributed by atoms with E-state index >= 15 is 0 Å². The van der Waals surface area contributed by atoms with E-state index in [0.717, 1.165) is 18.7 Å². The second-order valence-electron chi connectivity index (χ2n) is 3.96. The highest BCUT2D eigenvalue weighted by Gasteiger charge is 2.12. The first-order valence-corrected chi connectivity index (χ1v) is 6.00. The number of nitrogens with one attached hydrogen (secondary N) is 3. The molecule has 0 aliphatic carbocycles. The first-order chi connectivity index (χ1) is 9.09. The molecule has 0 aromatic carbocycles. The zero-order valence-electron chi connectivity index (χ0n) is 10.4. The average molecular weight is 270 g/mol. The van der Waals surface area contributed by atoms with Crippen molar-refractivity contribution in [3.63, 3.8) is 0 Å². The maximum atomic E-state index is 11.3. The Balaban J connectivity index is 2.00. The number of hydrogen-bond donors (Lipinski definition) is 5. The number of carbonyl (C=O) groups excluding carboxylic acids is 1. The summed E-state index contributed by atoms with van der Waals surface area (Å²) in [5.74, 6) is -0.424. The van der Waals surface area contributed by atoms with Gasteiger partial charge in [-0.2, -0.15) is 0 Å². The number of urea groups is 1. The molecule has 0 bridgehead atoms. The fourth-order valence-electron chi connectivity index (χ4n) is 1.40. The van der Waals surface area contributed by atoms with Crippen molar-refractivity contribution in [2.75, 3.05) is 13.1 Å². The molecule has 0 aliphatic heterocycles. The lowest BCUT2D eigenvalue weighted by molar-refractivity contribution is -0.146. The number of rotatable bonds is 8. The van der Waals surface area contributed by atoms with E-state index in [9.17, 15) is 9.59 Å². The van der Waals surface area contributed by atoms with Gasteiger partial charge in [0.05, 0.1) is 0 Å². The number of carbonyl (C=O) groups is 2. The van der Waals surface area contributed by atoms with Crippen LogP contribution in [0.3, 0.4) is 0 Å². The van der Waals surface area contributed by atoms with Gasteiger partial charge in [-0.3, -0.25) is 0 Å². The summed E-state index contributed by atoms with van der Waals surface area (Å²) in [6.45, 7) is 0.603. The molecule has 1 rings (SSSR count). The van der Waals surface area contributed by atoms with Crippen molar-refractivity contribution in [2.24, 2.45) is 0 Å². The number of amides is 2. The van der Waals surface area contributed by atoms with E-state index in [1.807, 2.05) is 0 Å². The molecule has 8 nitrogen and oxygen atoms in total. The van der Waals surface area contributed by atoms with E-state index in [2.05, 4.69) is 20.6 Å². The number of aliphatic carboxylic acids is 1. The van der Waals surface area contributed by atoms with Crippen molar-refractivity contribution in [3.05, 3.63) is 18.2 Å². The van der Waals surface area contributed by atoms with Gasteiger partial charge in [0.2, 0.25) is 0 Å². The number of aryl methyl sites for hydroxylation is 1. The van der Waals surface area contributed by atoms with Gasteiger partial charge in [0, 0.05) is 38.3 Å². The maximum absolute atomic E-state index is 11.3. The third-order valence-electron chi connectivity index (χ3n) is 2.42. The van der Waals surface area contributed by atoms with Crippen LogP contribution in [0.4, 0.5) is 4.79 Å². The van der Waals surface area contributed by atoms with Crippen LogP contribution < -0.4 is 10.6 Å². The molecule has 0 spiro atoms. The zero-order valence-corrected chi connectivity index (χ0v) is 10.4. The number of H-pyrrole nitrogens is 1. The lowest BCUT2D eigenvalue weighted by Crippen LogP contribution is -2.38. The van der Waals surface area contributed by atoms with E-state index in [1.165, 1.54) is 0 Å². The van der Waals surface area contributed by atoms with E-state index in [0.29, 0.717) is 6.54 Å². The monoisotopic (exact) mass is 270 g/mol. The van der Waals surface area contributed by atoms with Crippen LogP contribution in [0.15, 0.2) is 12.4 Å². The Bertz CT molecular complexity index is 393. The molecule has 0 aliphatic rings. The van der Waals surface area contributed by atoms with E-state index < -0.39 is 12.1 Å². The highest BCUT2D eigenvalue weighted by Crippen LogP contribution is 1.93. The van der Waals surface area contributed by atoms with Gasteiger partial charge in [-0.25, -0.2) is 14.6 Å². The number of nitrogens with zero attached hydrogens (tertiary/aromatic N) is 1. The molecular formula is C11H18N4O4. The highest BCUT2D eigenvalue weighted by molar-refractivity contribution is 5.74. The summed E-state index contributed by atoms with van der Waals surface area (Å²) in [6.07, 6.45) is 3.44. The molecule has 0 saturated heterocycles. The second-order valence-corrected chi connectivity index (χ2v) is 3.96. The fourth-order valence-corrected chi connectivity index (χ4v) is 1.40. The van der Waals surface area contributed by atoms with Crippen molar-refractivity contribution in [3.8, 4) is 0 Å². The number of aromatic nitrogens is 2. The van der Waals surface area contributed by atoms with Gasteiger partial charge >= 0.3 is 12.0 Å². The molecular weight excluding hydrogens is 252 g/mol. The molecule has 1 heterocycles. The molecule has 2 amide bonds. The molecule has 0 fully saturated rings. The normalized spacial score (nSPS) is 11.8. The van der Waals surface area contributed by atoms with Crippen LogP contribution in [-0.4, -0.2) is 51.4 Å². The molecule has 0 radical (unpaired) electrons. The van der Waals surface area contributed by atoms with Crippen molar-refractivity contribution in [2.45, 2.75) is 25.4 Å². The third-order valence-corrected chi connectivity index (χ3v) is 2.42. The molecule has 8 heteroatoms. The van der Waals surface area contributed by atoms with Crippen LogP contribution in [0.5, 0.6) is 0 Å². The average Bonchev–Trinajstić information content (AvgIpc) is 2.87. The van der Waals surface area contributed by atoms with Gasteiger partial charge in [0.25, 0.3) is 0 Å². The maximum Gasteiger partial charge on any atom is 0.332 e. The summed E-state index contributed by atoms with van der Waals surface area (Å²) in [7, 11) is 0. The minimum atomic E-state index is -1.45. The Kier molecular flexibility index (Phi) is 6.37. The Morgan fingerprint density at radius 2 is 2.11 bits per heavy atom. The predicted octanol–water partition coefficient (Wildman–Crippen LogP) is -0.523. The largest absolute Gasteiger partial charge is 0.479 e. The molecule has 106 valence electrons. The van der Waals surface area contributed by atoms with Gasteiger partial charge in [0.15, 0.2) is 6.10 Å². The SMILES string of the molecule is O=C(NCCCc1ncc[nH]1)NCC[C@H](O)C(=O)O. The van der Waals surface area contributed by atoms with Crippen LogP contribution in [0, 0.1) is 0 Å². The lowest BCUT2D eigenvalue weighted by Gasteiger charge is -2.08. The predicted molar refractivity (Wildman–Crippen MR) is 66.6 cm³/mol. The van der Waals surface area contributed by atoms with Crippen LogP contribution in [0.1, 0.15) is 18.7 Å². The van der Waals surface area contributed by atoms with Crippen molar-refractivity contribution >= 4 is 12.0 Å². The van der Waals surface area contributed by atoms with E-state index in [4.69, 9.17) is 10.2 Å². The number of aliphatic hydroxyl groups excluding tert-OH is 1. The number of hydrogen-bond acceptors (Lipinski definition) is 4. The summed E-state index contributed by atoms with van der Waals surface area (Å²) in [5, 5.41) is 22.5. The van der Waals surface area contributed by atoms with E-state index in [1.54, 1.807) is 12.4 Å². The van der Waals surface area contributed by atoms with Crippen LogP contribution in [0.2, 0.25) is 0 Å². The Hall–Kier alpha value is -2.09. The third kappa shape index (κ3) is 6.41. The molecule has 19 heavy (non-hydrogen) atoms. The number of aliphatic hydroxyl groups is 1. The van der Waals surface area contributed by atoms with Gasteiger partial charge < -0.3 is 25.8 Å². The first kappa shape index (κ1) is 15.0. The lowest BCUT2D eigenvalue weighted by atomic mass is 10.2. The van der Waals surface area contributed by atoms with Crippen molar-refractivity contribution < 1.29 is 19.8 Å². The Morgan fingerprint density at radius 3 is 2.74 bits per heavy atom. The number of aromatic amines is 1. The molecule has 1 aromatic rings. The number of carboxylic acid groups (broad SMARTS) is 1. The van der Waals surface area contributed by atoms with Gasteiger partial charge in [-0.05, 0) is 6.42 Å². The Morgan fingerprint density at radius 1 is 1.37 bits per heavy atom. The first-order valence-electron chi connectivity index (χ1n) is 6.00. The summed E-state index contributed by atoms with van der Waals surface area (Å²) < 4.78 is 0. The van der Waals surface area contributed by atoms with E-state index in [-0.39, 0.29) is 19.0 Å². The smallest absolute Gasteiger partial charge is 0.332 e. The van der Waals surface area contributed by atoms with Crippen LogP contribution in [-0.2, 0) is 11.2 Å². The quantitative estimate of drug-likeness (QED) is 0.406. The number of imidazole rings is 1. The molecule has 1 atom stereocenters. The van der Waals surface area contributed by atoms with Crippen molar-refractivity contribution in [1.29, 1.82) is 0 Å². The molecule has 0 unspecified atom stereocenters.